The topological polar surface area (TPSA) is 55.2 Å². The van der Waals surface area contributed by atoms with Gasteiger partial charge in [-0.3, -0.25) is 0 Å². The summed E-state index contributed by atoms with van der Waals surface area (Å²) in [6, 6.07) is 2.19. The van der Waals surface area contributed by atoms with Crippen molar-refractivity contribution < 1.29 is 17.2 Å². The largest absolute Gasteiger partial charge is 0.265 e. The highest BCUT2D eigenvalue weighted by Crippen LogP contribution is 2.35. The van der Waals surface area contributed by atoms with Gasteiger partial charge in [-0.15, -0.1) is 0 Å². The van der Waals surface area contributed by atoms with Crippen molar-refractivity contribution in [2.75, 3.05) is 10.8 Å². The minimum absolute atomic E-state index is 0.172. The van der Waals surface area contributed by atoms with Gasteiger partial charge in [-0.25, -0.2) is 26.2 Å². The summed E-state index contributed by atoms with van der Waals surface area (Å²) >= 11 is 6.14. The van der Waals surface area contributed by atoms with Gasteiger partial charge in [0.25, 0.3) is 10.0 Å². The van der Waals surface area contributed by atoms with Crippen molar-refractivity contribution in [1.82, 2.24) is 9.78 Å². The molecule has 0 aliphatic carbocycles. The summed E-state index contributed by atoms with van der Waals surface area (Å²) in [6.07, 6.45) is 0.529. The summed E-state index contributed by atoms with van der Waals surface area (Å²) in [5, 5.41) is 4.40. The third-order valence-electron chi connectivity index (χ3n) is 3.42. The van der Waals surface area contributed by atoms with E-state index < -0.39 is 26.6 Å². The Morgan fingerprint density at radius 1 is 1.18 bits per heavy atom. The summed E-state index contributed by atoms with van der Waals surface area (Å²) in [4.78, 5) is -0.451. The molecule has 9 heteroatoms. The summed E-state index contributed by atoms with van der Waals surface area (Å²) in [5.74, 6) is -1.67. The molecule has 0 radical (unpaired) electrons. The molecule has 0 unspecified atom stereocenters. The quantitative estimate of drug-likeness (QED) is 0.839. The molecule has 1 aliphatic rings. The fraction of sp³-hybridized carbons (Fsp3) is 0.308. The number of hydrogen-bond donors (Lipinski definition) is 0. The predicted octanol–water partition coefficient (Wildman–Crippen LogP) is 2.72. The molecule has 5 nitrogen and oxygen atoms in total. The van der Waals surface area contributed by atoms with Gasteiger partial charge in [-0.2, -0.15) is 5.10 Å². The maximum Gasteiger partial charge on any atom is 0.265 e. The third-order valence-corrected chi connectivity index (χ3v) is 5.63. The first-order valence-electron chi connectivity index (χ1n) is 6.52. The molecule has 2 heterocycles. The van der Waals surface area contributed by atoms with Crippen molar-refractivity contribution in [2.24, 2.45) is 0 Å². The van der Waals surface area contributed by atoms with Gasteiger partial charge in [0, 0.05) is 19.2 Å². The average Bonchev–Trinajstić information content (AvgIpc) is 2.73. The predicted molar refractivity (Wildman–Crippen MR) is 77.5 cm³/mol. The van der Waals surface area contributed by atoms with Crippen LogP contribution in [0.15, 0.2) is 23.1 Å². The zero-order valence-electron chi connectivity index (χ0n) is 11.6. The molecule has 0 saturated carbocycles. The molecule has 1 aromatic carbocycles. The number of fused-ring (bicyclic) bond motifs is 1. The fourth-order valence-electron chi connectivity index (χ4n) is 2.45. The number of aromatic nitrogens is 2. The zero-order valence-corrected chi connectivity index (χ0v) is 13.1. The Morgan fingerprint density at radius 2 is 1.82 bits per heavy atom. The Hall–Kier alpha value is -1.67. The Labute approximate surface area is 131 Å². The molecule has 0 atom stereocenters. The summed E-state index contributed by atoms with van der Waals surface area (Å²) < 4.78 is 54.6. The van der Waals surface area contributed by atoms with Gasteiger partial charge in [0.15, 0.2) is 5.82 Å². The van der Waals surface area contributed by atoms with Crippen molar-refractivity contribution >= 4 is 27.4 Å². The molecule has 1 aliphatic heterocycles. The minimum Gasteiger partial charge on any atom is -0.249 e. The molecule has 1 aromatic heterocycles. The fourth-order valence-corrected chi connectivity index (χ4v) is 4.30. The number of rotatable bonds is 2. The Balaban J connectivity index is 2.15. The monoisotopic (exact) mass is 347 g/mol. The molecule has 0 amide bonds. The van der Waals surface area contributed by atoms with Crippen molar-refractivity contribution in [3.63, 3.8) is 0 Å². The minimum atomic E-state index is -4.12. The highest BCUT2D eigenvalue weighted by atomic mass is 35.5. The molecule has 0 N–H and O–H groups in total. The lowest BCUT2D eigenvalue weighted by Gasteiger charge is -2.29. The van der Waals surface area contributed by atoms with Gasteiger partial charge in [-0.1, -0.05) is 11.6 Å². The first-order valence-corrected chi connectivity index (χ1v) is 8.34. The van der Waals surface area contributed by atoms with Crippen LogP contribution in [0.4, 0.5) is 14.6 Å². The number of nitrogens with zero attached hydrogens (tertiary/aromatic N) is 3. The summed E-state index contributed by atoms with van der Waals surface area (Å²) in [6.45, 7) is 2.37. The van der Waals surface area contributed by atoms with Crippen molar-refractivity contribution in [3.8, 4) is 0 Å². The zero-order chi connectivity index (χ0) is 16.1. The first kappa shape index (κ1) is 15.2. The maximum atomic E-state index is 13.3. The van der Waals surface area contributed by atoms with Crippen LogP contribution in [0.25, 0.3) is 0 Å². The molecule has 2 aromatic rings. The van der Waals surface area contributed by atoms with Crippen LogP contribution in [0.1, 0.15) is 12.1 Å². The van der Waals surface area contributed by atoms with E-state index in [-0.39, 0.29) is 17.4 Å². The summed E-state index contributed by atoms with van der Waals surface area (Å²) in [5.41, 5.74) is 0.504. The lowest BCUT2D eigenvalue weighted by Crippen LogP contribution is -2.37. The van der Waals surface area contributed by atoms with E-state index in [9.17, 15) is 17.2 Å². The van der Waals surface area contributed by atoms with E-state index in [1.165, 1.54) is 4.68 Å². The van der Waals surface area contributed by atoms with E-state index in [1.54, 1.807) is 6.92 Å². The highest BCUT2D eigenvalue weighted by Gasteiger charge is 2.33. The molecule has 118 valence electrons. The van der Waals surface area contributed by atoms with Crippen LogP contribution in [0.3, 0.4) is 0 Å². The molecule has 22 heavy (non-hydrogen) atoms. The van der Waals surface area contributed by atoms with E-state index >= 15 is 0 Å². The molecule has 0 saturated heterocycles. The lowest BCUT2D eigenvalue weighted by molar-refractivity contribution is 0.528. The van der Waals surface area contributed by atoms with Crippen LogP contribution in [0.5, 0.6) is 0 Å². The number of aryl methyl sites for hydroxylation is 2. The smallest absolute Gasteiger partial charge is 0.249 e. The number of halogens is 3. The SMILES string of the molecule is Cc1nn2c(c1Cl)N(S(=O)(=O)c1cc(F)cc(F)c1)CCC2. The van der Waals surface area contributed by atoms with Gasteiger partial charge in [-0.05, 0) is 25.5 Å². The highest BCUT2D eigenvalue weighted by molar-refractivity contribution is 7.92. The van der Waals surface area contributed by atoms with E-state index in [0.717, 1.165) is 16.4 Å². The van der Waals surface area contributed by atoms with Crippen molar-refractivity contribution in [3.05, 3.63) is 40.6 Å². The molecule has 0 spiro atoms. The lowest BCUT2D eigenvalue weighted by atomic mass is 10.3. The van der Waals surface area contributed by atoms with Gasteiger partial charge >= 0.3 is 0 Å². The summed E-state index contributed by atoms with van der Waals surface area (Å²) in [7, 11) is -4.12. The molecule has 0 fully saturated rings. The van der Waals surface area contributed by atoms with E-state index in [4.69, 9.17) is 11.6 Å². The normalized spacial score (nSPS) is 15.0. The van der Waals surface area contributed by atoms with E-state index in [0.29, 0.717) is 24.7 Å². The number of benzene rings is 1. The molecule has 0 bridgehead atoms. The van der Waals surface area contributed by atoms with Crippen molar-refractivity contribution in [1.29, 1.82) is 0 Å². The Kier molecular flexibility index (Phi) is 3.60. The van der Waals surface area contributed by atoms with Crippen molar-refractivity contribution in [2.45, 2.75) is 24.8 Å². The second kappa shape index (κ2) is 5.20. The Morgan fingerprint density at radius 3 is 2.45 bits per heavy atom. The standard InChI is InChI=1S/C13H12ClF2N3O2S/c1-8-12(14)13-18(17-8)3-2-4-19(13)22(20,21)11-6-9(15)5-10(16)7-11/h5-7H,2-4H2,1H3. The Bertz CT molecular complexity index is 831. The second-order valence-corrected chi connectivity index (χ2v) is 7.22. The molecular formula is C13H12ClF2N3O2S. The number of sulfonamides is 1. The van der Waals surface area contributed by atoms with Crippen LogP contribution in [0, 0.1) is 18.6 Å². The van der Waals surface area contributed by atoms with Crippen LogP contribution < -0.4 is 4.31 Å². The van der Waals surface area contributed by atoms with Crippen LogP contribution in [-0.2, 0) is 16.6 Å². The van der Waals surface area contributed by atoms with Gasteiger partial charge in [0.05, 0.1) is 10.6 Å². The van der Waals surface area contributed by atoms with E-state index in [1.807, 2.05) is 0 Å². The number of hydrogen-bond acceptors (Lipinski definition) is 3. The van der Waals surface area contributed by atoms with Gasteiger partial charge < -0.3 is 0 Å². The third kappa shape index (κ3) is 2.36. The van der Waals surface area contributed by atoms with Crippen LogP contribution in [0.2, 0.25) is 5.02 Å². The van der Waals surface area contributed by atoms with Gasteiger partial charge in [0.1, 0.15) is 16.7 Å². The number of anilines is 1. The van der Waals surface area contributed by atoms with Crippen LogP contribution >= 0.6 is 11.6 Å². The molecule has 3 rings (SSSR count). The first-order chi connectivity index (χ1) is 10.3. The second-order valence-electron chi connectivity index (χ2n) is 4.98. The van der Waals surface area contributed by atoms with E-state index in [2.05, 4.69) is 5.10 Å². The average molecular weight is 348 g/mol. The maximum absolute atomic E-state index is 13.3. The molecular weight excluding hydrogens is 336 g/mol. The van der Waals surface area contributed by atoms with Gasteiger partial charge in [0.2, 0.25) is 0 Å². The van der Waals surface area contributed by atoms with Crippen LogP contribution in [-0.4, -0.2) is 24.7 Å².